The van der Waals surface area contributed by atoms with Gasteiger partial charge in [-0.05, 0) is 6.42 Å². The predicted octanol–water partition coefficient (Wildman–Crippen LogP) is 1.61. The first-order chi connectivity index (χ1) is 10.8. The quantitative estimate of drug-likeness (QED) is 0.723. The van der Waals surface area contributed by atoms with E-state index in [1.165, 1.54) is 0 Å². The van der Waals surface area contributed by atoms with Gasteiger partial charge < -0.3 is 19.9 Å². The lowest BCUT2D eigenvalue weighted by Crippen LogP contribution is -2.37. The van der Waals surface area contributed by atoms with Crippen LogP contribution in [0.1, 0.15) is 12.3 Å². The first-order valence-electron chi connectivity index (χ1n) is 7.18. The summed E-state index contributed by atoms with van der Waals surface area (Å²) in [5.41, 5.74) is 0.924. The van der Waals surface area contributed by atoms with Crippen LogP contribution in [0.4, 0.5) is 4.79 Å². The Morgan fingerprint density at radius 2 is 2.00 bits per heavy atom. The third-order valence-corrected chi connectivity index (χ3v) is 2.94. The molecule has 7 heteroatoms. The maximum absolute atomic E-state index is 11.4. The molecule has 0 aliphatic heterocycles. The molecule has 0 saturated carbocycles. The van der Waals surface area contributed by atoms with Crippen molar-refractivity contribution < 1.29 is 14.1 Å². The number of nitrogens with zero attached hydrogens (tertiary/aromatic N) is 2. The molecular formula is C15H20N4O3. The molecule has 0 unspecified atom stereocenters. The van der Waals surface area contributed by atoms with Gasteiger partial charge in [0.05, 0.1) is 6.61 Å². The Morgan fingerprint density at radius 3 is 2.77 bits per heavy atom. The molecule has 118 valence electrons. The molecule has 22 heavy (non-hydrogen) atoms. The van der Waals surface area contributed by atoms with Crippen LogP contribution < -0.4 is 10.6 Å². The minimum Gasteiger partial charge on any atom is -0.383 e. The second-order valence-corrected chi connectivity index (χ2v) is 4.66. The number of aryl methyl sites for hydroxylation is 1. The third kappa shape index (κ3) is 5.17. The molecule has 7 nitrogen and oxygen atoms in total. The van der Waals surface area contributed by atoms with E-state index < -0.39 is 0 Å². The molecule has 0 aliphatic carbocycles. The van der Waals surface area contributed by atoms with Gasteiger partial charge in [0.25, 0.3) is 0 Å². The molecule has 0 spiro atoms. The molecule has 1 heterocycles. The average Bonchev–Trinajstić information content (AvgIpc) is 3.02. The molecule has 0 saturated heterocycles. The Morgan fingerprint density at radius 1 is 1.23 bits per heavy atom. The van der Waals surface area contributed by atoms with Gasteiger partial charge in [-0.3, -0.25) is 0 Å². The van der Waals surface area contributed by atoms with E-state index in [2.05, 4.69) is 20.8 Å². The molecule has 0 fully saturated rings. The average molecular weight is 304 g/mol. The highest BCUT2D eigenvalue weighted by molar-refractivity contribution is 5.73. The zero-order chi connectivity index (χ0) is 15.6. The van der Waals surface area contributed by atoms with Crippen molar-refractivity contribution in [1.82, 2.24) is 20.8 Å². The van der Waals surface area contributed by atoms with E-state index in [4.69, 9.17) is 9.26 Å². The van der Waals surface area contributed by atoms with Crippen LogP contribution in [0.15, 0.2) is 34.9 Å². The van der Waals surface area contributed by atoms with Crippen LogP contribution in [0.3, 0.4) is 0 Å². The number of methoxy groups -OCH3 is 1. The lowest BCUT2D eigenvalue weighted by molar-refractivity contribution is 0.196. The normalized spacial score (nSPS) is 10.4. The molecule has 1 aromatic carbocycles. The van der Waals surface area contributed by atoms with E-state index in [0.717, 1.165) is 12.0 Å². The summed E-state index contributed by atoms with van der Waals surface area (Å²) in [6.07, 6.45) is 1.35. The summed E-state index contributed by atoms with van der Waals surface area (Å²) < 4.78 is 10.0. The number of hydrogen-bond donors (Lipinski definition) is 2. The zero-order valence-corrected chi connectivity index (χ0v) is 12.5. The summed E-state index contributed by atoms with van der Waals surface area (Å²) in [6.45, 7) is 1.53. The molecule has 0 bridgehead atoms. The monoisotopic (exact) mass is 304 g/mol. The molecule has 1 aromatic heterocycles. The number of hydrogen-bond acceptors (Lipinski definition) is 5. The van der Waals surface area contributed by atoms with Gasteiger partial charge in [0.1, 0.15) is 0 Å². The van der Waals surface area contributed by atoms with Gasteiger partial charge in [-0.2, -0.15) is 4.98 Å². The minimum atomic E-state index is -0.201. The summed E-state index contributed by atoms with van der Waals surface area (Å²) in [6, 6.07) is 9.46. The fourth-order valence-electron chi connectivity index (χ4n) is 1.83. The maximum Gasteiger partial charge on any atom is 0.314 e. The number of urea groups is 1. The van der Waals surface area contributed by atoms with Crippen molar-refractivity contribution in [3.05, 3.63) is 36.2 Å². The van der Waals surface area contributed by atoms with Crippen LogP contribution in [-0.4, -0.2) is 43.0 Å². The topological polar surface area (TPSA) is 89.3 Å². The van der Waals surface area contributed by atoms with Gasteiger partial charge in [0, 0.05) is 32.2 Å². The van der Waals surface area contributed by atoms with Crippen molar-refractivity contribution >= 4 is 6.03 Å². The number of carbonyl (C=O) groups excluding carboxylic acids is 1. The molecule has 2 N–H and O–H groups in total. The second-order valence-electron chi connectivity index (χ2n) is 4.66. The standard InChI is InChI=1S/C15H20N4O3/c1-21-11-10-17-15(20)16-9-5-8-13-18-14(19-22-13)12-6-3-2-4-7-12/h2-4,6-7H,5,8-11H2,1H3,(H2,16,17,20). The van der Waals surface area contributed by atoms with Gasteiger partial charge in [0.2, 0.25) is 11.7 Å². The summed E-state index contributed by atoms with van der Waals surface area (Å²) >= 11 is 0. The van der Waals surface area contributed by atoms with Crippen LogP contribution in [0, 0.1) is 0 Å². The fraction of sp³-hybridized carbons (Fsp3) is 0.400. The van der Waals surface area contributed by atoms with Gasteiger partial charge in [-0.25, -0.2) is 4.79 Å². The highest BCUT2D eigenvalue weighted by atomic mass is 16.5. The number of nitrogens with one attached hydrogen (secondary N) is 2. The van der Waals surface area contributed by atoms with Crippen molar-refractivity contribution in [1.29, 1.82) is 0 Å². The number of benzene rings is 1. The van der Waals surface area contributed by atoms with E-state index >= 15 is 0 Å². The summed E-state index contributed by atoms with van der Waals surface area (Å²) in [4.78, 5) is 15.7. The number of rotatable bonds is 8. The Balaban J connectivity index is 1.68. The number of ether oxygens (including phenoxy) is 1. The van der Waals surface area contributed by atoms with Gasteiger partial charge in [0.15, 0.2) is 0 Å². The third-order valence-electron chi connectivity index (χ3n) is 2.94. The highest BCUT2D eigenvalue weighted by Gasteiger charge is 2.08. The number of carbonyl (C=O) groups is 1. The Kier molecular flexibility index (Phi) is 6.38. The van der Waals surface area contributed by atoms with Crippen LogP contribution in [-0.2, 0) is 11.2 Å². The molecule has 0 aliphatic rings. The Labute approximate surface area is 129 Å². The highest BCUT2D eigenvalue weighted by Crippen LogP contribution is 2.15. The Hall–Kier alpha value is -2.41. The predicted molar refractivity (Wildman–Crippen MR) is 81.3 cm³/mol. The molecule has 2 aromatic rings. The largest absolute Gasteiger partial charge is 0.383 e. The van der Waals surface area contributed by atoms with Crippen molar-refractivity contribution in [2.24, 2.45) is 0 Å². The lowest BCUT2D eigenvalue weighted by atomic mass is 10.2. The van der Waals surface area contributed by atoms with E-state index in [-0.39, 0.29) is 6.03 Å². The first-order valence-corrected chi connectivity index (χ1v) is 7.18. The SMILES string of the molecule is COCCNC(=O)NCCCc1nc(-c2ccccc2)no1. The Bertz CT molecular complexity index is 571. The smallest absolute Gasteiger partial charge is 0.314 e. The first kappa shape index (κ1) is 16.0. The van der Waals surface area contributed by atoms with Crippen LogP contribution in [0.5, 0.6) is 0 Å². The van der Waals surface area contributed by atoms with Crippen LogP contribution in [0.2, 0.25) is 0 Å². The van der Waals surface area contributed by atoms with Gasteiger partial charge in [-0.1, -0.05) is 35.5 Å². The van der Waals surface area contributed by atoms with Crippen molar-refractivity contribution in [2.45, 2.75) is 12.8 Å². The van der Waals surface area contributed by atoms with E-state index in [9.17, 15) is 4.79 Å². The van der Waals surface area contributed by atoms with Gasteiger partial charge in [-0.15, -0.1) is 0 Å². The molecule has 0 radical (unpaired) electrons. The number of amides is 2. The molecule has 0 atom stereocenters. The molecule has 2 amide bonds. The van der Waals surface area contributed by atoms with E-state index in [0.29, 0.717) is 37.8 Å². The molecule has 2 rings (SSSR count). The summed E-state index contributed by atoms with van der Waals surface area (Å²) in [7, 11) is 1.59. The maximum atomic E-state index is 11.4. The van der Waals surface area contributed by atoms with Crippen molar-refractivity contribution in [3.8, 4) is 11.4 Å². The van der Waals surface area contributed by atoms with Crippen LogP contribution in [0.25, 0.3) is 11.4 Å². The van der Waals surface area contributed by atoms with Crippen molar-refractivity contribution in [3.63, 3.8) is 0 Å². The zero-order valence-electron chi connectivity index (χ0n) is 12.5. The minimum absolute atomic E-state index is 0.201. The molecular weight excluding hydrogens is 284 g/mol. The van der Waals surface area contributed by atoms with Gasteiger partial charge >= 0.3 is 6.03 Å². The summed E-state index contributed by atoms with van der Waals surface area (Å²) in [5, 5.41) is 9.39. The lowest BCUT2D eigenvalue weighted by Gasteiger charge is -2.05. The summed E-state index contributed by atoms with van der Waals surface area (Å²) in [5.74, 6) is 1.15. The number of aromatic nitrogens is 2. The van der Waals surface area contributed by atoms with E-state index in [1.54, 1.807) is 7.11 Å². The van der Waals surface area contributed by atoms with Crippen LogP contribution >= 0.6 is 0 Å². The van der Waals surface area contributed by atoms with E-state index in [1.807, 2.05) is 30.3 Å². The fourth-order valence-corrected chi connectivity index (χ4v) is 1.83. The van der Waals surface area contributed by atoms with Crippen molar-refractivity contribution in [2.75, 3.05) is 26.8 Å². The second kappa shape index (κ2) is 8.78.